The Morgan fingerprint density at radius 1 is 0.938 bits per heavy atom. The van der Waals surface area contributed by atoms with Gasteiger partial charge in [0.25, 0.3) is 0 Å². The highest BCUT2D eigenvalue weighted by Gasteiger charge is 2.02. The maximum absolute atomic E-state index is 4.49. The minimum absolute atomic E-state index is 0.629. The van der Waals surface area contributed by atoms with Crippen molar-refractivity contribution in [1.82, 2.24) is 15.0 Å². The molecule has 2 heterocycles. The molecule has 1 aromatic carbocycles. The van der Waals surface area contributed by atoms with E-state index >= 15 is 0 Å². The Kier molecular flexibility index (Phi) is 2.07. The van der Waals surface area contributed by atoms with Crippen molar-refractivity contribution in [3.05, 3.63) is 54.9 Å². The third-order valence-corrected chi connectivity index (χ3v) is 2.30. The summed E-state index contributed by atoms with van der Waals surface area (Å²) in [5, 5.41) is 1.00. The molecule has 0 unspecified atom stereocenters. The smallest absolute Gasteiger partial charge is 0.178 e. The summed E-state index contributed by atoms with van der Waals surface area (Å²) in [6.07, 6.45) is 3.42. The van der Waals surface area contributed by atoms with Gasteiger partial charge in [0.1, 0.15) is 5.69 Å². The van der Waals surface area contributed by atoms with Gasteiger partial charge in [0.15, 0.2) is 5.82 Å². The quantitative estimate of drug-likeness (QED) is 0.614. The number of pyridine rings is 1. The van der Waals surface area contributed by atoms with Crippen LogP contribution >= 0.6 is 0 Å². The Labute approximate surface area is 92.8 Å². The number of aromatic nitrogens is 3. The monoisotopic (exact) mass is 206 g/mol. The van der Waals surface area contributed by atoms with Crippen LogP contribution in [0.25, 0.3) is 22.4 Å². The van der Waals surface area contributed by atoms with Gasteiger partial charge in [-0.05, 0) is 24.3 Å². The highest BCUT2D eigenvalue weighted by atomic mass is 14.9. The van der Waals surface area contributed by atoms with Gasteiger partial charge in [0.05, 0.1) is 5.52 Å². The van der Waals surface area contributed by atoms with E-state index in [0.29, 0.717) is 5.82 Å². The van der Waals surface area contributed by atoms with Crippen molar-refractivity contribution < 1.29 is 0 Å². The van der Waals surface area contributed by atoms with Gasteiger partial charge in [-0.2, -0.15) is 0 Å². The average molecular weight is 206 g/mol. The number of rotatable bonds is 1. The van der Waals surface area contributed by atoms with Crippen LogP contribution in [0.4, 0.5) is 0 Å². The summed E-state index contributed by atoms with van der Waals surface area (Å²) in [7, 11) is 0. The molecule has 75 valence electrons. The summed E-state index contributed by atoms with van der Waals surface area (Å²) in [5.41, 5.74) is 1.66. The fourth-order valence-corrected chi connectivity index (χ4v) is 1.55. The number of benzene rings is 1. The van der Waals surface area contributed by atoms with Gasteiger partial charge < -0.3 is 0 Å². The van der Waals surface area contributed by atoms with Crippen molar-refractivity contribution in [3.63, 3.8) is 0 Å². The first kappa shape index (κ1) is 8.97. The SMILES string of the molecule is [c]1cc(-c2ncccn2)nc2ccccc12. The fraction of sp³-hybridized carbons (Fsp3) is 0. The number of hydrogen-bond donors (Lipinski definition) is 0. The van der Waals surface area contributed by atoms with Crippen LogP contribution < -0.4 is 0 Å². The molecule has 0 amide bonds. The Morgan fingerprint density at radius 2 is 1.75 bits per heavy atom. The van der Waals surface area contributed by atoms with Crippen molar-refractivity contribution in [2.24, 2.45) is 0 Å². The Bertz CT molecular complexity index is 620. The molecule has 3 heteroatoms. The topological polar surface area (TPSA) is 38.7 Å². The van der Waals surface area contributed by atoms with Crippen LogP contribution in [0.2, 0.25) is 0 Å². The lowest BCUT2D eigenvalue weighted by atomic mass is 10.2. The lowest BCUT2D eigenvalue weighted by molar-refractivity contribution is 1.15. The molecule has 3 aromatic rings. The highest BCUT2D eigenvalue weighted by molar-refractivity contribution is 5.79. The van der Waals surface area contributed by atoms with E-state index in [1.54, 1.807) is 18.5 Å². The van der Waals surface area contributed by atoms with Gasteiger partial charge in [-0.15, -0.1) is 0 Å². The molecule has 16 heavy (non-hydrogen) atoms. The number of fused-ring (bicyclic) bond motifs is 1. The molecular formula is C13H8N3. The molecule has 0 saturated carbocycles. The molecule has 3 rings (SSSR count). The first-order chi connectivity index (χ1) is 7.93. The van der Waals surface area contributed by atoms with Crippen molar-refractivity contribution in [3.8, 4) is 11.5 Å². The molecule has 2 aromatic heterocycles. The van der Waals surface area contributed by atoms with Crippen LogP contribution in [0.1, 0.15) is 0 Å². The van der Waals surface area contributed by atoms with E-state index in [-0.39, 0.29) is 0 Å². The van der Waals surface area contributed by atoms with E-state index in [1.807, 2.05) is 30.3 Å². The second-order valence-corrected chi connectivity index (χ2v) is 3.38. The average Bonchev–Trinajstić information content (AvgIpc) is 2.39. The summed E-state index contributed by atoms with van der Waals surface area (Å²) in [4.78, 5) is 12.8. The Balaban J connectivity index is 2.19. The van der Waals surface area contributed by atoms with E-state index in [9.17, 15) is 0 Å². The summed E-state index contributed by atoms with van der Waals surface area (Å²) in [5.74, 6) is 0.629. The van der Waals surface area contributed by atoms with Crippen molar-refractivity contribution in [2.75, 3.05) is 0 Å². The van der Waals surface area contributed by atoms with E-state index in [2.05, 4.69) is 21.0 Å². The van der Waals surface area contributed by atoms with Gasteiger partial charge in [-0.1, -0.05) is 18.2 Å². The predicted molar refractivity (Wildman–Crippen MR) is 61.6 cm³/mol. The standard InChI is InChI=1S/C13H8N3/c1-2-5-11-10(4-1)6-7-12(16-11)13-14-8-3-9-15-13/h1-5,7-9H. The maximum Gasteiger partial charge on any atom is 0.178 e. The van der Waals surface area contributed by atoms with Crippen molar-refractivity contribution in [2.45, 2.75) is 0 Å². The minimum atomic E-state index is 0.629. The molecule has 0 atom stereocenters. The molecule has 3 nitrogen and oxygen atoms in total. The summed E-state index contributed by atoms with van der Waals surface area (Å²) in [6, 6.07) is 14.6. The molecule has 0 bridgehead atoms. The largest absolute Gasteiger partial charge is 0.244 e. The molecule has 0 spiro atoms. The molecular weight excluding hydrogens is 198 g/mol. The van der Waals surface area contributed by atoms with Gasteiger partial charge in [0.2, 0.25) is 0 Å². The van der Waals surface area contributed by atoms with Gasteiger partial charge in [-0.25, -0.2) is 15.0 Å². The molecule has 0 aliphatic rings. The Hall–Kier alpha value is -2.29. The van der Waals surface area contributed by atoms with Crippen LogP contribution in [-0.2, 0) is 0 Å². The zero-order valence-corrected chi connectivity index (χ0v) is 8.46. The molecule has 0 aliphatic heterocycles. The zero-order chi connectivity index (χ0) is 10.8. The summed E-state index contributed by atoms with van der Waals surface area (Å²) < 4.78 is 0. The first-order valence-corrected chi connectivity index (χ1v) is 4.98. The first-order valence-electron chi connectivity index (χ1n) is 4.98. The molecule has 0 aliphatic carbocycles. The van der Waals surface area contributed by atoms with Crippen LogP contribution in [0.5, 0.6) is 0 Å². The second kappa shape index (κ2) is 3.70. The van der Waals surface area contributed by atoms with Crippen molar-refractivity contribution >= 4 is 10.9 Å². The fourth-order valence-electron chi connectivity index (χ4n) is 1.55. The lowest BCUT2D eigenvalue weighted by Gasteiger charge is -2.00. The van der Waals surface area contributed by atoms with Crippen LogP contribution in [-0.4, -0.2) is 15.0 Å². The zero-order valence-electron chi connectivity index (χ0n) is 8.46. The molecule has 1 radical (unpaired) electrons. The van der Waals surface area contributed by atoms with E-state index in [0.717, 1.165) is 16.6 Å². The molecule has 0 N–H and O–H groups in total. The number of para-hydroxylation sites is 1. The van der Waals surface area contributed by atoms with Gasteiger partial charge in [0, 0.05) is 17.8 Å². The predicted octanol–water partition coefficient (Wildman–Crippen LogP) is 2.49. The molecule has 0 fully saturated rings. The van der Waals surface area contributed by atoms with E-state index in [1.165, 1.54) is 0 Å². The molecule has 0 saturated heterocycles. The lowest BCUT2D eigenvalue weighted by Crippen LogP contribution is -1.90. The minimum Gasteiger partial charge on any atom is -0.244 e. The second-order valence-electron chi connectivity index (χ2n) is 3.38. The van der Waals surface area contributed by atoms with Crippen molar-refractivity contribution in [1.29, 1.82) is 0 Å². The Morgan fingerprint density at radius 3 is 2.62 bits per heavy atom. The van der Waals surface area contributed by atoms with Crippen LogP contribution in [0.3, 0.4) is 0 Å². The number of hydrogen-bond acceptors (Lipinski definition) is 3. The third-order valence-electron chi connectivity index (χ3n) is 2.30. The maximum atomic E-state index is 4.49. The highest BCUT2D eigenvalue weighted by Crippen LogP contribution is 2.16. The van der Waals surface area contributed by atoms with Gasteiger partial charge in [-0.3, -0.25) is 0 Å². The summed E-state index contributed by atoms with van der Waals surface area (Å²) in [6.45, 7) is 0. The number of nitrogens with zero attached hydrogens (tertiary/aromatic N) is 3. The summed E-state index contributed by atoms with van der Waals surface area (Å²) >= 11 is 0. The third kappa shape index (κ3) is 1.52. The van der Waals surface area contributed by atoms with Crippen LogP contribution in [0.15, 0.2) is 48.8 Å². The van der Waals surface area contributed by atoms with Gasteiger partial charge >= 0.3 is 0 Å². The normalized spacial score (nSPS) is 10.5. The van der Waals surface area contributed by atoms with E-state index in [4.69, 9.17) is 0 Å². The van der Waals surface area contributed by atoms with Crippen LogP contribution in [0, 0.1) is 6.07 Å². The van der Waals surface area contributed by atoms with E-state index < -0.39 is 0 Å².